The van der Waals surface area contributed by atoms with Crippen LogP contribution >= 0.6 is 0 Å². The number of fused-ring (bicyclic) bond motifs is 6. The van der Waals surface area contributed by atoms with Gasteiger partial charge in [0.25, 0.3) is 0 Å². The zero-order valence-electron chi connectivity index (χ0n) is 39.4. The summed E-state index contributed by atoms with van der Waals surface area (Å²) in [5.41, 5.74) is 22.6. The predicted octanol–water partition coefficient (Wildman–Crippen LogP) is 16.0. The number of aliphatic imine (C=N–C) groups is 2. The first-order valence-corrected chi connectivity index (χ1v) is 24.7. The van der Waals surface area contributed by atoms with Crippen molar-refractivity contribution in [2.45, 2.75) is 44.2 Å². The Hall–Kier alpha value is -8.34. The van der Waals surface area contributed by atoms with Gasteiger partial charge in [-0.2, -0.15) is 0 Å². The van der Waals surface area contributed by atoms with Gasteiger partial charge < -0.3 is 10.2 Å². The van der Waals surface area contributed by atoms with E-state index in [1.165, 1.54) is 83.9 Å². The Balaban J connectivity index is 0.862. The number of rotatable bonds is 8. The molecule has 70 heavy (non-hydrogen) atoms. The first kappa shape index (κ1) is 41.8. The van der Waals surface area contributed by atoms with Crippen molar-refractivity contribution in [3.63, 3.8) is 0 Å². The van der Waals surface area contributed by atoms with Gasteiger partial charge in [0.1, 0.15) is 12.0 Å². The zero-order valence-corrected chi connectivity index (χ0v) is 39.4. The van der Waals surface area contributed by atoms with Gasteiger partial charge in [-0.15, -0.1) is 0 Å². The van der Waals surface area contributed by atoms with Crippen LogP contribution in [-0.4, -0.2) is 11.7 Å². The van der Waals surface area contributed by atoms with Gasteiger partial charge in [-0.1, -0.05) is 208 Å². The van der Waals surface area contributed by atoms with Crippen LogP contribution in [0.25, 0.3) is 44.5 Å². The Bertz CT molecular complexity index is 3540. The zero-order chi connectivity index (χ0) is 46.8. The molecule has 8 aromatic rings. The lowest BCUT2D eigenvalue weighted by Gasteiger charge is -2.29. The second kappa shape index (κ2) is 17.0. The van der Waals surface area contributed by atoms with Crippen molar-refractivity contribution in [3.05, 3.63) is 275 Å². The van der Waals surface area contributed by atoms with Gasteiger partial charge in [0.15, 0.2) is 5.84 Å². The number of hydrogen-bond donors (Lipinski definition) is 1. The lowest BCUT2D eigenvalue weighted by molar-refractivity contribution is 0.414. The molecule has 0 saturated carbocycles. The van der Waals surface area contributed by atoms with Crippen molar-refractivity contribution < 1.29 is 0 Å². The third kappa shape index (κ3) is 7.22. The van der Waals surface area contributed by atoms with Gasteiger partial charge in [-0.3, -0.25) is 0 Å². The van der Waals surface area contributed by atoms with Crippen LogP contribution in [-0.2, 0) is 5.41 Å². The lowest BCUT2D eigenvalue weighted by atomic mass is 9.75. The van der Waals surface area contributed by atoms with E-state index in [1.54, 1.807) is 0 Å². The SMILES string of the molecule is CC1(C)c2cccc(-c3ccc(-c4ccc5c(c4)C4CC(c6cccc(C7N=C(c8ccccc8)N=C(c8ccccc8)N7)c6)=CC=C4N5c4cccc(-c5ccccc5)c4)cc3)c2C2=CC=CCC21. The molecule has 13 rings (SSSR count). The van der Waals surface area contributed by atoms with E-state index in [0.717, 1.165) is 41.2 Å². The maximum absolute atomic E-state index is 5.21. The maximum Gasteiger partial charge on any atom is 0.159 e. The fraction of sp³-hybridized carbons (Fsp3) is 0.121. The second-order valence-electron chi connectivity index (χ2n) is 19.7. The highest BCUT2D eigenvalue weighted by atomic mass is 15.2. The van der Waals surface area contributed by atoms with Crippen LogP contribution in [0.3, 0.4) is 0 Å². The highest BCUT2D eigenvalue weighted by molar-refractivity contribution is 6.13. The number of nitrogens with one attached hydrogen (secondary N) is 1. The number of amidine groups is 2. The normalized spacial score (nSPS) is 19.3. The molecule has 2 heterocycles. The van der Waals surface area contributed by atoms with E-state index < -0.39 is 0 Å². The molecule has 5 aliphatic rings. The number of benzene rings is 8. The third-order valence-corrected chi connectivity index (χ3v) is 15.4. The quantitative estimate of drug-likeness (QED) is 0.165. The van der Waals surface area contributed by atoms with Crippen LogP contribution < -0.4 is 10.2 Å². The molecule has 3 atom stereocenters. The average molecular weight is 901 g/mol. The molecule has 0 saturated heterocycles. The van der Waals surface area contributed by atoms with Gasteiger partial charge >= 0.3 is 0 Å². The molecule has 0 aromatic heterocycles. The summed E-state index contributed by atoms with van der Waals surface area (Å²) < 4.78 is 0. The Morgan fingerprint density at radius 1 is 0.557 bits per heavy atom. The van der Waals surface area contributed by atoms with Crippen LogP contribution in [0.2, 0.25) is 0 Å². The summed E-state index contributed by atoms with van der Waals surface area (Å²) in [7, 11) is 0. The molecule has 0 amide bonds. The van der Waals surface area contributed by atoms with Crippen molar-refractivity contribution in [1.29, 1.82) is 0 Å². The van der Waals surface area contributed by atoms with Gasteiger partial charge in [0.05, 0.1) is 0 Å². The fourth-order valence-electron chi connectivity index (χ4n) is 11.7. The molecule has 336 valence electrons. The molecule has 8 aromatic carbocycles. The Morgan fingerprint density at radius 3 is 2.01 bits per heavy atom. The van der Waals surface area contributed by atoms with E-state index >= 15 is 0 Å². The maximum atomic E-state index is 5.21. The number of hydrogen-bond acceptors (Lipinski definition) is 4. The van der Waals surface area contributed by atoms with E-state index in [4.69, 9.17) is 9.98 Å². The standard InChI is InChI=1S/C66H52N4/c1-66(2)58-29-13-12-27-55(58)62-54(28-16-30-59(62)66)45-33-31-44(32-34-45)50-35-37-60-56(41-50)57-42-51(36-38-61(57)70(60)53-26-15-24-49(40-53)43-17-6-3-7-18-43)48-23-14-25-52(39-48)65-68-63(46-19-8-4-9-20-46)67-64(69-65)47-21-10-5-11-22-47/h3-28,30-41,57-58,65H,29,42H2,1-2H3,(H,67,68,69). The fourth-order valence-corrected chi connectivity index (χ4v) is 11.7. The highest BCUT2D eigenvalue weighted by Gasteiger charge is 2.44. The van der Waals surface area contributed by atoms with Crippen molar-refractivity contribution in [1.82, 2.24) is 5.32 Å². The van der Waals surface area contributed by atoms with Gasteiger partial charge in [0.2, 0.25) is 0 Å². The minimum atomic E-state index is -0.306. The molecule has 0 bridgehead atoms. The van der Waals surface area contributed by atoms with E-state index in [0.29, 0.717) is 5.92 Å². The van der Waals surface area contributed by atoms with E-state index in [1.807, 2.05) is 24.3 Å². The summed E-state index contributed by atoms with van der Waals surface area (Å²) in [5.74, 6) is 2.21. The van der Waals surface area contributed by atoms with Crippen LogP contribution in [0.5, 0.6) is 0 Å². The molecular weight excluding hydrogens is 849 g/mol. The Morgan fingerprint density at radius 2 is 1.21 bits per heavy atom. The van der Waals surface area contributed by atoms with Crippen LogP contribution in [0, 0.1) is 5.92 Å². The number of anilines is 2. The van der Waals surface area contributed by atoms with Crippen LogP contribution in [0.1, 0.15) is 77.7 Å². The first-order chi connectivity index (χ1) is 34.4. The summed E-state index contributed by atoms with van der Waals surface area (Å²) in [4.78, 5) is 12.7. The molecule has 2 aliphatic heterocycles. The smallest absolute Gasteiger partial charge is 0.159 e. The van der Waals surface area contributed by atoms with Gasteiger partial charge in [0, 0.05) is 34.1 Å². The van der Waals surface area contributed by atoms with Crippen LogP contribution in [0.15, 0.2) is 246 Å². The molecule has 0 fully saturated rings. The highest BCUT2D eigenvalue weighted by Crippen LogP contribution is 2.56. The summed E-state index contributed by atoms with van der Waals surface area (Å²) in [5, 5.41) is 3.69. The van der Waals surface area contributed by atoms with Crippen LogP contribution in [0.4, 0.5) is 11.4 Å². The van der Waals surface area contributed by atoms with Crippen molar-refractivity contribution in [3.8, 4) is 33.4 Å². The molecule has 4 nitrogen and oxygen atoms in total. The van der Waals surface area contributed by atoms with Crippen molar-refractivity contribution in [2.24, 2.45) is 15.9 Å². The monoisotopic (exact) mass is 900 g/mol. The second-order valence-corrected chi connectivity index (χ2v) is 19.7. The van der Waals surface area contributed by atoms with E-state index in [2.05, 4.69) is 230 Å². The first-order valence-electron chi connectivity index (χ1n) is 24.7. The minimum Gasteiger partial charge on any atom is -0.344 e. The Kier molecular flexibility index (Phi) is 10.2. The minimum absolute atomic E-state index is 0.100. The summed E-state index contributed by atoms with van der Waals surface area (Å²) in [6.45, 7) is 4.84. The lowest BCUT2D eigenvalue weighted by Crippen LogP contribution is -2.33. The molecule has 1 N–H and O–H groups in total. The summed E-state index contributed by atoms with van der Waals surface area (Å²) in [6, 6.07) is 72.7. The molecule has 0 spiro atoms. The molecule has 4 heteroatoms. The molecular formula is C66H52N4. The summed E-state index contributed by atoms with van der Waals surface area (Å²) >= 11 is 0. The molecule has 3 unspecified atom stereocenters. The van der Waals surface area contributed by atoms with Gasteiger partial charge in [-0.05, 0) is 133 Å². The predicted molar refractivity (Wildman–Crippen MR) is 291 cm³/mol. The van der Waals surface area contributed by atoms with Crippen molar-refractivity contribution in [2.75, 3.05) is 4.90 Å². The number of nitrogens with zero attached hydrogens (tertiary/aromatic N) is 3. The van der Waals surface area contributed by atoms with Gasteiger partial charge in [-0.25, -0.2) is 9.98 Å². The topological polar surface area (TPSA) is 40.0 Å². The average Bonchev–Trinajstić information content (AvgIpc) is 3.88. The van der Waals surface area contributed by atoms with E-state index in [9.17, 15) is 0 Å². The molecule has 0 radical (unpaired) electrons. The largest absolute Gasteiger partial charge is 0.344 e. The number of allylic oxidation sites excluding steroid dienone is 8. The van der Waals surface area contributed by atoms with Crippen molar-refractivity contribution >= 4 is 34.2 Å². The summed E-state index contributed by atoms with van der Waals surface area (Å²) in [6.07, 6.45) is 13.3. The molecule has 3 aliphatic carbocycles. The Labute approximate surface area is 411 Å². The van der Waals surface area contributed by atoms with E-state index in [-0.39, 0.29) is 17.5 Å². The third-order valence-electron chi connectivity index (χ3n) is 15.4.